The summed E-state index contributed by atoms with van der Waals surface area (Å²) >= 11 is 0. The van der Waals surface area contributed by atoms with Crippen LogP contribution in [0.1, 0.15) is 42.9 Å². The average molecular weight is 257 g/mol. The molecule has 0 aromatic heterocycles. The Labute approximate surface area is 115 Å². The molecule has 19 heavy (non-hydrogen) atoms. The molecule has 1 unspecified atom stereocenters. The maximum Gasteiger partial charge on any atom is 0.134 e. The molecule has 102 valence electrons. The molecule has 1 aromatic carbocycles. The molecule has 1 aromatic rings. The van der Waals surface area contributed by atoms with E-state index in [1.807, 2.05) is 0 Å². The van der Waals surface area contributed by atoms with Gasteiger partial charge < -0.3 is 0 Å². The van der Waals surface area contributed by atoms with Gasteiger partial charge in [-0.25, -0.2) is 0 Å². The largest absolute Gasteiger partial charge is 0.300 e. The SMILES string of the molecule is CC(=O)C1CCCN(Cc2ccc3c(c2)CCC3)C1. The van der Waals surface area contributed by atoms with Crippen molar-refractivity contribution in [3.8, 4) is 0 Å². The van der Waals surface area contributed by atoms with Gasteiger partial charge in [-0.1, -0.05) is 18.2 Å². The van der Waals surface area contributed by atoms with Crippen LogP contribution in [0.15, 0.2) is 18.2 Å². The predicted octanol–water partition coefficient (Wildman–Crippen LogP) is 2.98. The molecule has 2 nitrogen and oxygen atoms in total. The fourth-order valence-electron chi connectivity index (χ4n) is 3.51. The van der Waals surface area contributed by atoms with Crippen LogP contribution in [-0.4, -0.2) is 23.8 Å². The highest BCUT2D eigenvalue weighted by Crippen LogP contribution is 2.24. The average Bonchev–Trinajstić information content (AvgIpc) is 2.86. The Kier molecular flexibility index (Phi) is 3.69. The summed E-state index contributed by atoms with van der Waals surface area (Å²) in [7, 11) is 0. The third-order valence-electron chi connectivity index (χ3n) is 4.65. The minimum absolute atomic E-state index is 0.267. The highest BCUT2D eigenvalue weighted by Gasteiger charge is 2.23. The van der Waals surface area contributed by atoms with Crippen LogP contribution >= 0.6 is 0 Å². The first-order valence-electron chi connectivity index (χ1n) is 7.56. The Bertz CT molecular complexity index is 480. The van der Waals surface area contributed by atoms with Crippen molar-refractivity contribution in [3.05, 3.63) is 34.9 Å². The predicted molar refractivity (Wildman–Crippen MR) is 77.1 cm³/mol. The molecule has 0 amide bonds. The molecule has 0 saturated carbocycles. The molecule has 0 bridgehead atoms. The summed E-state index contributed by atoms with van der Waals surface area (Å²) in [4.78, 5) is 14.0. The van der Waals surface area contributed by atoms with Gasteiger partial charge in [0.25, 0.3) is 0 Å². The number of piperidine rings is 1. The van der Waals surface area contributed by atoms with Crippen molar-refractivity contribution in [1.82, 2.24) is 4.90 Å². The van der Waals surface area contributed by atoms with Crippen molar-refractivity contribution in [2.24, 2.45) is 5.92 Å². The van der Waals surface area contributed by atoms with E-state index in [1.165, 1.54) is 24.8 Å². The molecule has 1 atom stereocenters. The molecule has 1 aliphatic heterocycles. The van der Waals surface area contributed by atoms with Gasteiger partial charge in [-0.05, 0) is 62.3 Å². The fourth-order valence-corrected chi connectivity index (χ4v) is 3.51. The van der Waals surface area contributed by atoms with Crippen LogP contribution in [0.25, 0.3) is 0 Å². The van der Waals surface area contributed by atoms with E-state index in [9.17, 15) is 4.79 Å². The van der Waals surface area contributed by atoms with Crippen LogP contribution in [0.2, 0.25) is 0 Å². The number of Topliss-reactive ketones (excluding diaryl/α,β-unsaturated/α-hetero) is 1. The molecule has 3 rings (SSSR count). The lowest BCUT2D eigenvalue weighted by atomic mass is 9.94. The van der Waals surface area contributed by atoms with E-state index in [0.717, 1.165) is 32.5 Å². The van der Waals surface area contributed by atoms with Crippen LogP contribution in [0.4, 0.5) is 0 Å². The van der Waals surface area contributed by atoms with Gasteiger partial charge in [0.1, 0.15) is 5.78 Å². The molecule has 1 fully saturated rings. The number of carbonyl (C=O) groups excluding carboxylic acids is 1. The quantitative estimate of drug-likeness (QED) is 0.829. The first-order valence-corrected chi connectivity index (χ1v) is 7.56. The maximum atomic E-state index is 11.5. The lowest BCUT2D eigenvalue weighted by Gasteiger charge is -2.31. The summed E-state index contributed by atoms with van der Waals surface area (Å²) in [6, 6.07) is 6.98. The van der Waals surface area contributed by atoms with Crippen LogP contribution < -0.4 is 0 Å². The van der Waals surface area contributed by atoms with Crippen LogP contribution in [0.3, 0.4) is 0 Å². The van der Waals surface area contributed by atoms with E-state index < -0.39 is 0 Å². The van der Waals surface area contributed by atoms with Gasteiger partial charge in [0, 0.05) is 19.0 Å². The molecule has 2 heteroatoms. The molecule has 0 spiro atoms. The number of ketones is 1. The van der Waals surface area contributed by atoms with E-state index >= 15 is 0 Å². The fraction of sp³-hybridized carbons (Fsp3) is 0.588. The third-order valence-corrected chi connectivity index (χ3v) is 4.65. The van der Waals surface area contributed by atoms with Gasteiger partial charge in [-0.2, -0.15) is 0 Å². The second-order valence-corrected chi connectivity index (χ2v) is 6.14. The molecular weight excluding hydrogens is 234 g/mol. The highest BCUT2D eigenvalue weighted by atomic mass is 16.1. The summed E-state index contributed by atoms with van der Waals surface area (Å²) in [5, 5.41) is 0. The monoisotopic (exact) mass is 257 g/mol. The van der Waals surface area contributed by atoms with Crippen LogP contribution in [-0.2, 0) is 24.2 Å². The molecule has 1 heterocycles. The number of aryl methyl sites for hydroxylation is 2. The summed E-state index contributed by atoms with van der Waals surface area (Å²) in [5.74, 6) is 0.627. The molecule has 1 saturated heterocycles. The lowest BCUT2D eigenvalue weighted by Crippen LogP contribution is -2.37. The van der Waals surface area contributed by atoms with Crippen molar-refractivity contribution < 1.29 is 4.79 Å². The van der Waals surface area contributed by atoms with E-state index in [1.54, 1.807) is 18.1 Å². The Morgan fingerprint density at radius 1 is 1.26 bits per heavy atom. The third kappa shape index (κ3) is 2.89. The summed E-state index contributed by atoms with van der Waals surface area (Å²) in [6.07, 6.45) is 6.06. The summed E-state index contributed by atoms with van der Waals surface area (Å²) in [6.45, 7) is 4.84. The number of carbonyl (C=O) groups is 1. The second-order valence-electron chi connectivity index (χ2n) is 6.14. The van der Waals surface area contributed by atoms with E-state index in [-0.39, 0.29) is 5.92 Å². The van der Waals surface area contributed by atoms with Gasteiger partial charge in [-0.3, -0.25) is 9.69 Å². The normalized spacial score (nSPS) is 23.3. The van der Waals surface area contributed by atoms with Crippen molar-refractivity contribution in [3.63, 3.8) is 0 Å². The Balaban J connectivity index is 1.66. The smallest absolute Gasteiger partial charge is 0.134 e. The minimum atomic E-state index is 0.267. The summed E-state index contributed by atoms with van der Waals surface area (Å²) in [5.41, 5.74) is 4.52. The molecule has 0 radical (unpaired) electrons. The summed E-state index contributed by atoms with van der Waals surface area (Å²) < 4.78 is 0. The zero-order chi connectivity index (χ0) is 13.2. The molecule has 0 N–H and O–H groups in total. The lowest BCUT2D eigenvalue weighted by molar-refractivity contribution is -0.122. The topological polar surface area (TPSA) is 20.3 Å². The van der Waals surface area contributed by atoms with Gasteiger partial charge in [0.2, 0.25) is 0 Å². The number of hydrogen-bond donors (Lipinski definition) is 0. The van der Waals surface area contributed by atoms with E-state index in [4.69, 9.17) is 0 Å². The number of nitrogens with zero attached hydrogens (tertiary/aromatic N) is 1. The Morgan fingerprint density at radius 2 is 2.11 bits per heavy atom. The number of hydrogen-bond acceptors (Lipinski definition) is 2. The van der Waals surface area contributed by atoms with Crippen molar-refractivity contribution in [2.45, 2.75) is 45.6 Å². The first kappa shape index (κ1) is 12.9. The van der Waals surface area contributed by atoms with Crippen LogP contribution in [0, 0.1) is 5.92 Å². The zero-order valence-corrected chi connectivity index (χ0v) is 11.8. The Hall–Kier alpha value is -1.15. The molecule has 1 aliphatic carbocycles. The number of rotatable bonds is 3. The minimum Gasteiger partial charge on any atom is -0.300 e. The van der Waals surface area contributed by atoms with Gasteiger partial charge in [0.15, 0.2) is 0 Å². The Morgan fingerprint density at radius 3 is 2.95 bits per heavy atom. The maximum absolute atomic E-state index is 11.5. The van der Waals surface area contributed by atoms with E-state index in [2.05, 4.69) is 23.1 Å². The van der Waals surface area contributed by atoms with E-state index in [0.29, 0.717) is 5.78 Å². The standard InChI is InChI=1S/C17H23NO/c1-13(19)17-6-3-9-18(12-17)11-14-7-8-15-4-2-5-16(15)10-14/h7-8,10,17H,2-6,9,11-12H2,1H3. The highest BCUT2D eigenvalue weighted by molar-refractivity contribution is 5.78. The molecule has 2 aliphatic rings. The number of likely N-dealkylation sites (tertiary alicyclic amines) is 1. The van der Waals surface area contributed by atoms with Gasteiger partial charge >= 0.3 is 0 Å². The first-order chi connectivity index (χ1) is 9.22. The van der Waals surface area contributed by atoms with Gasteiger partial charge in [0.05, 0.1) is 0 Å². The number of fused-ring (bicyclic) bond motifs is 1. The van der Waals surface area contributed by atoms with Gasteiger partial charge in [-0.15, -0.1) is 0 Å². The molecular formula is C17H23NO. The van der Waals surface area contributed by atoms with Crippen molar-refractivity contribution >= 4 is 5.78 Å². The number of benzene rings is 1. The van der Waals surface area contributed by atoms with Crippen molar-refractivity contribution in [2.75, 3.05) is 13.1 Å². The zero-order valence-electron chi connectivity index (χ0n) is 11.8. The van der Waals surface area contributed by atoms with Crippen molar-refractivity contribution in [1.29, 1.82) is 0 Å². The second kappa shape index (κ2) is 5.46. The van der Waals surface area contributed by atoms with Crippen LogP contribution in [0.5, 0.6) is 0 Å².